The molecule has 0 aromatic heterocycles. The fourth-order valence-electron chi connectivity index (χ4n) is 4.74. The second-order valence-electron chi connectivity index (χ2n) is 8.82. The van der Waals surface area contributed by atoms with Gasteiger partial charge in [-0.25, -0.2) is 0 Å². The lowest BCUT2D eigenvalue weighted by Gasteiger charge is -2.22. The van der Waals surface area contributed by atoms with Crippen molar-refractivity contribution >= 4 is 29.1 Å². The van der Waals surface area contributed by atoms with Crippen LogP contribution in [0, 0.1) is 18.8 Å². The number of fused-ring (bicyclic) bond motifs is 1. The van der Waals surface area contributed by atoms with E-state index in [1.54, 1.807) is 38.5 Å². The SMILES string of the molecule is COc1ccc(OC)c(C(=O)N2CC3CN(CCC(=O)Nc4ccc(C)c(Cl)c4)CC3C2)c1. The van der Waals surface area contributed by atoms with Crippen LogP contribution in [0.1, 0.15) is 22.3 Å². The zero-order chi connectivity index (χ0) is 23.5. The van der Waals surface area contributed by atoms with Gasteiger partial charge in [0.15, 0.2) is 0 Å². The Hall–Kier alpha value is -2.77. The lowest BCUT2D eigenvalue weighted by molar-refractivity contribution is -0.116. The molecule has 2 aromatic carbocycles. The van der Waals surface area contributed by atoms with Crippen molar-refractivity contribution in [2.45, 2.75) is 13.3 Å². The highest BCUT2D eigenvalue weighted by molar-refractivity contribution is 6.31. The fourth-order valence-corrected chi connectivity index (χ4v) is 4.92. The molecule has 2 aliphatic rings. The lowest BCUT2D eigenvalue weighted by Crippen LogP contribution is -2.34. The first-order chi connectivity index (χ1) is 15.9. The van der Waals surface area contributed by atoms with Crippen molar-refractivity contribution in [1.29, 1.82) is 0 Å². The molecule has 2 aromatic rings. The highest BCUT2D eigenvalue weighted by Crippen LogP contribution is 2.34. The van der Waals surface area contributed by atoms with Gasteiger partial charge in [-0.2, -0.15) is 0 Å². The quantitative estimate of drug-likeness (QED) is 0.666. The van der Waals surface area contributed by atoms with Gasteiger partial charge in [-0.05, 0) is 54.7 Å². The molecule has 176 valence electrons. The standard InChI is InChI=1S/C25H30ClN3O4/c1-16-4-5-19(10-22(16)26)27-24(30)8-9-28-12-17-14-29(15-18(17)13-28)25(31)21-11-20(32-2)6-7-23(21)33-3/h4-7,10-11,17-18H,8-9,12-15H2,1-3H3,(H,27,30). The number of halogens is 1. The van der Waals surface area contributed by atoms with E-state index in [1.165, 1.54) is 0 Å². The maximum absolute atomic E-state index is 13.2. The largest absolute Gasteiger partial charge is 0.497 e. The maximum atomic E-state index is 13.2. The number of carbonyl (C=O) groups excluding carboxylic acids is 2. The van der Waals surface area contributed by atoms with Gasteiger partial charge in [0.1, 0.15) is 11.5 Å². The molecule has 4 rings (SSSR count). The number of anilines is 1. The van der Waals surface area contributed by atoms with Gasteiger partial charge in [-0.15, -0.1) is 0 Å². The molecule has 2 heterocycles. The summed E-state index contributed by atoms with van der Waals surface area (Å²) in [5.41, 5.74) is 2.23. The van der Waals surface area contributed by atoms with Crippen molar-refractivity contribution in [2.24, 2.45) is 11.8 Å². The number of likely N-dealkylation sites (tertiary alicyclic amines) is 2. The Morgan fingerprint density at radius 1 is 1.03 bits per heavy atom. The minimum atomic E-state index is -0.0252. The molecule has 0 saturated carbocycles. The second-order valence-corrected chi connectivity index (χ2v) is 9.23. The molecule has 0 bridgehead atoms. The third-order valence-corrected chi connectivity index (χ3v) is 7.00. The van der Waals surface area contributed by atoms with E-state index in [0.29, 0.717) is 60.0 Å². The molecule has 2 saturated heterocycles. The molecule has 8 heteroatoms. The zero-order valence-electron chi connectivity index (χ0n) is 19.3. The molecule has 0 spiro atoms. The average Bonchev–Trinajstić information content (AvgIpc) is 3.38. The molecule has 0 aliphatic carbocycles. The van der Waals surface area contributed by atoms with Crippen LogP contribution < -0.4 is 14.8 Å². The van der Waals surface area contributed by atoms with E-state index in [4.69, 9.17) is 21.1 Å². The van der Waals surface area contributed by atoms with E-state index in [-0.39, 0.29) is 11.8 Å². The number of hydrogen-bond acceptors (Lipinski definition) is 5. The van der Waals surface area contributed by atoms with Crippen LogP contribution >= 0.6 is 11.6 Å². The van der Waals surface area contributed by atoms with Gasteiger partial charge in [0.25, 0.3) is 5.91 Å². The third kappa shape index (κ3) is 5.25. The first-order valence-electron chi connectivity index (χ1n) is 11.2. The van der Waals surface area contributed by atoms with Crippen molar-refractivity contribution in [3.8, 4) is 11.5 Å². The molecular weight excluding hydrogens is 442 g/mol. The van der Waals surface area contributed by atoms with Crippen LogP contribution in [0.3, 0.4) is 0 Å². The summed E-state index contributed by atoms with van der Waals surface area (Å²) >= 11 is 6.14. The Morgan fingerprint density at radius 3 is 2.39 bits per heavy atom. The first-order valence-corrected chi connectivity index (χ1v) is 11.6. The van der Waals surface area contributed by atoms with E-state index < -0.39 is 0 Å². The Kier molecular flexibility index (Phi) is 7.10. The van der Waals surface area contributed by atoms with Gasteiger partial charge in [0, 0.05) is 49.9 Å². The summed E-state index contributed by atoms with van der Waals surface area (Å²) in [5.74, 6) is 1.99. The van der Waals surface area contributed by atoms with Gasteiger partial charge < -0.3 is 24.6 Å². The summed E-state index contributed by atoms with van der Waals surface area (Å²) < 4.78 is 10.7. The number of nitrogens with zero attached hydrogens (tertiary/aromatic N) is 2. The molecule has 7 nitrogen and oxygen atoms in total. The molecule has 2 amide bonds. The molecule has 2 unspecified atom stereocenters. The number of amides is 2. The number of rotatable bonds is 7. The topological polar surface area (TPSA) is 71.1 Å². The van der Waals surface area contributed by atoms with E-state index in [9.17, 15) is 9.59 Å². The van der Waals surface area contributed by atoms with Gasteiger partial charge in [-0.1, -0.05) is 17.7 Å². The second kappa shape index (κ2) is 10.0. The van der Waals surface area contributed by atoms with Crippen LogP contribution in [-0.4, -0.2) is 68.6 Å². The Bertz CT molecular complexity index is 1030. The molecule has 0 radical (unpaired) electrons. The summed E-state index contributed by atoms with van der Waals surface area (Å²) in [5, 5.41) is 3.56. The number of benzene rings is 2. The van der Waals surface area contributed by atoms with Crippen LogP contribution in [-0.2, 0) is 4.79 Å². The summed E-state index contributed by atoms with van der Waals surface area (Å²) in [6.45, 7) is 5.86. The number of carbonyl (C=O) groups is 2. The lowest BCUT2D eigenvalue weighted by atomic mass is 10.0. The van der Waals surface area contributed by atoms with E-state index in [1.807, 2.05) is 24.0 Å². The third-order valence-electron chi connectivity index (χ3n) is 6.60. The summed E-state index contributed by atoms with van der Waals surface area (Å²) in [6, 6.07) is 10.8. The van der Waals surface area contributed by atoms with E-state index in [2.05, 4.69) is 10.2 Å². The summed E-state index contributed by atoms with van der Waals surface area (Å²) in [6.07, 6.45) is 0.425. The molecule has 2 aliphatic heterocycles. The van der Waals surface area contributed by atoms with Crippen molar-refractivity contribution in [2.75, 3.05) is 52.3 Å². The van der Waals surface area contributed by atoms with Crippen LogP contribution in [0.15, 0.2) is 36.4 Å². The van der Waals surface area contributed by atoms with Crippen molar-refractivity contribution in [3.63, 3.8) is 0 Å². The maximum Gasteiger partial charge on any atom is 0.257 e. The van der Waals surface area contributed by atoms with Crippen molar-refractivity contribution < 1.29 is 19.1 Å². The van der Waals surface area contributed by atoms with Crippen LogP contribution in [0.25, 0.3) is 0 Å². The smallest absolute Gasteiger partial charge is 0.257 e. The molecule has 2 atom stereocenters. The van der Waals surface area contributed by atoms with Gasteiger partial charge in [0.2, 0.25) is 5.91 Å². The predicted octanol–water partition coefficient (Wildman–Crippen LogP) is 3.70. The highest BCUT2D eigenvalue weighted by Gasteiger charge is 2.42. The molecule has 2 fully saturated rings. The van der Waals surface area contributed by atoms with E-state index >= 15 is 0 Å². The molecule has 33 heavy (non-hydrogen) atoms. The molecule has 1 N–H and O–H groups in total. The normalized spacial score (nSPS) is 19.9. The number of ether oxygens (including phenoxy) is 2. The number of hydrogen-bond donors (Lipinski definition) is 1. The predicted molar refractivity (Wildman–Crippen MR) is 128 cm³/mol. The van der Waals surface area contributed by atoms with Crippen molar-refractivity contribution in [1.82, 2.24) is 9.80 Å². The van der Waals surface area contributed by atoms with Gasteiger partial charge in [-0.3, -0.25) is 9.59 Å². The number of nitrogens with one attached hydrogen (secondary N) is 1. The summed E-state index contributed by atoms with van der Waals surface area (Å²) in [4.78, 5) is 29.8. The zero-order valence-corrected chi connectivity index (χ0v) is 20.0. The van der Waals surface area contributed by atoms with Crippen LogP contribution in [0.4, 0.5) is 5.69 Å². The van der Waals surface area contributed by atoms with Gasteiger partial charge in [0.05, 0.1) is 19.8 Å². The Labute approximate surface area is 199 Å². The minimum absolute atomic E-state index is 0.0195. The van der Waals surface area contributed by atoms with Gasteiger partial charge >= 0.3 is 0 Å². The number of methoxy groups -OCH3 is 2. The minimum Gasteiger partial charge on any atom is -0.497 e. The Morgan fingerprint density at radius 2 is 1.76 bits per heavy atom. The monoisotopic (exact) mass is 471 g/mol. The first kappa shape index (κ1) is 23.4. The average molecular weight is 472 g/mol. The Balaban J connectivity index is 1.27. The summed E-state index contributed by atoms with van der Waals surface area (Å²) in [7, 11) is 3.15. The highest BCUT2D eigenvalue weighted by atomic mass is 35.5. The van der Waals surface area contributed by atoms with Crippen LogP contribution in [0.2, 0.25) is 5.02 Å². The number of aryl methyl sites for hydroxylation is 1. The fraction of sp³-hybridized carbons (Fsp3) is 0.440. The van der Waals surface area contributed by atoms with Crippen LogP contribution in [0.5, 0.6) is 11.5 Å². The molecular formula is C25H30ClN3O4. The van der Waals surface area contributed by atoms with Crippen molar-refractivity contribution in [3.05, 3.63) is 52.5 Å². The van der Waals surface area contributed by atoms with E-state index in [0.717, 1.165) is 24.3 Å².